The van der Waals surface area contributed by atoms with Gasteiger partial charge in [-0.15, -0.1) is 0 Å². The average molecular weight is 412 g/mol. The van der Waals surface area contributed by atoms with E-state index in [1.165, 1.54) is 12.3 Å². The number of carbonyl (C=O) groups is 2. The van der Waals surface area contributed by atoms with Crippen molar-refractivity contribution in [1.29, 1.82) is 0 Å². The van der Waals surface area contributed by atoms with Gasteiger partial charge in [-0.3, -0.25) is 9.89 Å². The van der Waals surface area contributed by atoms with Gasteiger partial charge in [-0.2, -0.15) is 18.3 Å². The van der Waals surface area contributed by atoms with Gasteiger partial charge in [0, 0.05) is 18.3 Å². The summed E-state index contributed by atoms with van der Waals surface area (Å²) in [5, 5.41) is 17.8. The number of carboxylic acids is 1. The first-order chi connectivity index (χ1) is 13.2. The lowest BCUT2D eigenvalue weighted by Gasteiger charge is -2.34. The highest BCUT2D eigenvalue weighted by Gasteiger charge is 2.41. The second-order valence-electron chi connectivity index (χ2n) is 9.11. The van der Waals surface area contributed by atoms with Gasteiger partial charge >= 0.3 is 18.1 Å². The van der Waals surface area contributed by atoms with Gasteiger partial charge in [-0.05, 0) is 29.7 Å². The van der Waals surface area contributed by atoms with Crippen LogP contribution in [0.1, 0.15) is 50.0 Å². The Morgan fingerprint density at radius 3 is 2.48 bits per heavy atom. The van der Waals surface area contributed by atoms with Gasteiger partial charge < -0.3 is 15.0 Å². The Balaban J connectivity index is 2.17. The number of anilines is 1. The van der Waals surface area contributed by atoms with Crippen molar-refractivity contribution in [2.75, 3.05) is 5.32 Å². The molecule has 3 heterocycles. The number of aromatic nitrogens is 3. The number of hydrogen-bond donors (Lipinski definition) is 3. The summed E-state index contributed by atoms with van der Waals surface area (Å²) in [5.41, 5.74) is 0.876. The molecule has 2 aromatic heterocycles. The van der Waals surface area contributed by atoms with Gasteiger partial charge in [-0.25, -0.2) is 4.79 Å². The Labute approximate surface area is 165 Å². The lowest BCUT2D eigenvalue weighted by molar-refractivity contribution is -0.167. The molecule has 10 heteroatoms. The van der Waals surface area contributed by atoms with Crippen LogP contribution in [0.5, 0.6) is 0 Å². The average Bonchev–Trinajstić information content (AvgIpc) is 3.08. The third kappa shape index (κ3) is 4.30. The molecule has 3 rings (SSSR count). The molecule has 1 aliphatic heterocycles. The van der Waals surface area contributed by atoms with Crippen molar-refractivity contribution in [2.24, 2.45) is 10.8 Å². The summed E-state index contributed by atoms with van der Waals surface area (Å²) < 4.78 is 40.0. The molecule has 0 saturated carbocycles. The molecular formula is C19H23F3N4O3. The zero-order chi connectivity index (χ0) is 21.8. The van der Waals surface area contributed by atoms with E-state index in [4.69, 9.17) is 0 Å². The number of aromatic amines is 1. The SMILES string of the molecule is CC1(C)Cc2c(NC(=O)C(F)(F)F)n[nH]c2-c2cc(C(=O)O)cn2CC(C)(C)C1. The van der Waals surface area contributed by atoms with Crippen molar-refractivity contribution >= 4 is 17.7 Å². The van der Waals surface area contributed by atoms with E-state index in [2.05, 4.69) is 24.0 Å². The molecular weight excluding hydrogens is 389 g/mol. The van der Waals surface area contributed by atoms with Crippen molar-refractivity contribution in [3.8, 4) is 11.4 Å². The van der Waals surface area contributed by atoms with E-state index in [1.54, 1.807) is 4.57 Å². The van der Waals surface area contributed by atoms with Crippen LogP contribution in [-0.2, 0) is 17.8 Å². The van der Waals surface area contributed by atoms with Gasteiger partial charge in [-0.1, -0.05) is 27.7 Å². The first-order valence-electron chi connectivity index (χ1n) is 9.08. The monoisotopic (exact) mass is 412 g/mol. The highest BCUT2D eigenvalue weighted by molar-refractivity contribution is 5.95. The third-order valence-electron chi connectivity index (χ3n) is 4.97. The molecule has 3 N–H and O–H groups in total. The lowest BCUT2D eigenvalue weighted by Crippen LogP contribution is -2.31. The number of rotatable bonds is 2. The molecule has 0 unspecified atom stereocenters. The fourth-order valence-corrected chi connectivity index (χ4v) is 4.35. The van der Waals surface area contributed by atoms with Crippen molar-refractivity contribution in [3.05, 3.63) is 23.4 Å². The number of carboxylic acid groups (broad SMARTS) is 1. The summed E-state index contributed by atoms with van der Waals surface area (Å²) >= 11 is 0. The predicted molar refractivity (Wildman–Crippen MR) is 99.5 cm³/mol. The molecule has 7 nitrogen and oxygen atoms in total. The summed E-state index contributed by atoms with van der Waals surface area (Å²) in [5.74, 6) is -3.40. The number of alkyl halides is 3. The Morgan fingerprint density at radius 2 is 1.90 bits per heavy atom. The fraction of sp³-hybridized carbons (Fsp3) is 0.526. The first-order valence-corrected chi connectivity index (χ1v) is 9.08. The number of aromatic carboxylic acids is 1. The van der Waals surface area contributed by atoms with Crippen LogP contribution in [0.25, 0.3) is 11.4 Å². The van der Waals surface area contributed by atoms with Crippen LogP contribution in [0.15, 0.2) is 12.3 Å². The Morgan fingerprint density at radius 1 is 1.24 bits per heavy atom. The number of H-pyrrole nitrogens is 1. The largest absolute Gasteiger partial charge is 0.478 e. The van der Waals surface area contributed by atoms with Crippen LogP contribution >= 0.6 is 0 Å². The molecule has 0 fully saturated rings. The molecule has 0 spiro atoms. The Bertz CT molecular complexity index is 970. The molecule has 1 amide bonds. The minimum Gasteiger partial charge on any atom is -0.478 e. The second-order valence-corrected chi connectivity index (χ2v) is 9.11. The summed E-state index contributed by atoms with van der Waals surface area (Å²) in [6.45, 7) is 8.64. The summed E-state index contributed by atoms with van der Waals surface area (Å²) in [6.07, 6.45) is -2.46. The smallest absolute Gasteiger partial charge is 0.471 e. The maximum atomic E-state index is 12.7. The second kappa shape index (κ2) is 6.64. The molecule has 2 aromatic rings. The van der Waals surface area contributed by atoms with Gasteiger partial charge in [0.1, 0.15) is 0 Å². The maximum Gasteiger partial charge on any atom is 0.471 e. The number of halogens is 3. The Kier molecular flexibility index (Phi) is 4.79. The number of fused-ring (bicyclic) bond motifs is 3. The summed E-state index contributed by atoms with van der Waals surface area (Å²) in [6, 6.07) is 1.46. The normalized spacial score (nSPS) is 18.0. The van der Waals surface area contributed by atoms with E-state index in [-0.39, 0.29) is 22.2 Å². The van der Waals surface area contributed by atoms with E-state index >= 15 is 0 Å². The van der Waals surface area contributed by atoms with E-state index in [0.29, 0.717) is 29.9 Å². The van der Waals surface area contributed by atoms with E-state index < -0.39 is 18.1 Å². The number of carbonyl (C=O) groups excluding carboxylic acids is 1. The van der Waals surface area contributed by atoms with Crippen LogP contribution < -0.4 is 5.32 Å². The standard InChI is InChI=1S/C19H23F3N4O3/c1-17(2)6-11-13(24-25-14(11)23-16(29)19(20,21)22)12-5-10(15(27)28)7-26(12)9-18(3,4)8-17/h5,7H,6,8-9H2,1-4H3,(H,27,28)(H2,23,24,25,29). The van der Waals surface area contributed by atoms with Gasteiger partial charge in [0.25, 0.3) is 0 Å². The topological polar surface area (TPSA) is 100 Å². The van der Waals surface area contributed by atoms with Gasteiger partial charge in [0.05, 0.1) is 17.0 Å². The quantitative estimate of drug-likeness (QED) is 0.692. The van der Waals surface area contributed by atoms with Gasteiger partial charge in [0.15, 0.2) is 5.82 Å². The number of hydrogen-bond acceptors (Lipinski definition) is 3. The van der Waals surface area contributed by atoms with E-state index in [9.17, 15) is 27.9 Å². The highest BCUT2D eigenvalue weighted by Crippen LogP contribution is 2.43. The van der Waals surface area contributed by atoms with Crippen molar-refractivity contribution < 1.29 is 27.9 Å². The van der Waals surface area contributed by atoms with Crippen LogP contribution in [-0.4, -0.2) is 37.9 Å². The number of amides is 1. The predicted octanol–water partition coefficient (Wildman–Crippen LogP) is 4.08. The van der Waals surface area contributed by atoms with Crippen molar-refractivity contribution in [3.63, 3.8) is 0 Å². The van der Waals surface area contributed by atoms with E-state index in [1.807, 2.05) is 19.2 Å². The zero-order valence-electron chi connectivity index (χ0n) is 16.6. The number of nitrogens with one attached hydrogen (secondary N) is 2. The first kappa shape index (κ1) is 20.9. The van der Waals surface area contributed by atoms with Crippen molar-refractivity contribution in [1.82, 2.24) is 14.8 Å². The Hall–Kier alpha value is -2.78. The van der Waals surface area contributed by atoms with Crippen LogP contribution in [0.2, 0.25) is 0 Å². The number of nitrogens with zero attached hydrogens (tertiary/aromatic N) is 2. The minimum atomic E-state index is -5.04. The highest BCUT2D eigenvalue weighted by atomic mass is 19.4. The van der Waals surface area contributed by atoms with Gasteiger partial charge in [0.2, 0.25) is 0 Å². The molecule has 0 saturated heterocycles. The maximum absolute atomic E-state index is 12.7. The summed E-state index contributed by atoms with van der Waals surface area (Å²) in [7, 11) is 0. The molecule has 0 bridgehead atoms. The molecule has 158 valence electrons. The molecule has 1 aliphatic rings. The van der Waals surface area contributed by atoms with Crippen LogP contribution in [0.4, 0.5) is 19.0 Å². The van der Waals surface area contributed by atoms with Crippen molar-refractivity contribution in [2.45, 2.75) is 53.3 Å². The van der Waals surface area contributed by atoms with Crippen LogP contribution in [0.3, 0.4) is 0 Å². The molecule has 0 aliphatic carbocycles. The minimum absolute atomic E-state index is 0.0667. The molecule has 0 aromatic carbocycles. The lowest BCUT2D eigenvalue weighted by atomic mass is 9.72. The fourth-order valence-electron chi connectivity index (χ4n) is 4.35. The van der Waals surface area contributed by atoms with E-state index in [0.717, 1.165) is 6.42 Å². The summed E-state index contributed by atoms with van der Waals surface area (Å²) in [4.78, 5) is 22.9. The molecule has 0 radical (unpaired) electrons. The molecule has 29 heavy (non-hydrogen) atoms. The van der Waals surface area contributed by atoms with Crippen LogP contribution in [0, 0.1) is 10.8 Å². The zero-order valence-corrected chi connectivity index (χ0v) is 16.6. The third-order valence-corrected chi connectivity index (χ3v) is 4.97. The molecule has 0 atom stereocenters.